The van der Waals surface area contributed by atoms with Crippen molar-refractivity contribution >= 4 is 0 Å². The fourth-order valence-corrected chi connectivity index (χ4v) is 2.83. The summed E-state index contributed by atoms with van der Waals surface area (Å²) >= 11 is 0. The van der Waals surface area contributed by atoms with Gasteiger partial charge in [-0.25, -0.2) is 0 Å². The van der Waals surface area contributed by atoms with Crippen LogP contribution in [0.25, 0.3) is 0 Å². The van der Waals surface area contributed by atoms with Gasteiger partial charge in [0.05, 0.1) is 0 Å². The molecular formula is C12H20. The average molecular weight is 164 g/mol. The summed E-state index contributed by atoms with van der Waals surface area (Å²) in [7, 11) is 0. The Morgan fingerprint density at radius 1 is 1.42 bits per heavy atom. The minimum absolute atomic E-state index is 0.928. The van der Waals surface area contributed by atoms with Gasteiger partial charge in [-0.15, -0.1) is 0 Å². The van der Waals surface area contributed by atoms with Crippen molar-refractivity contribution in [2.75, 3.05) is 0 Å². The zero-order valence-electron chi connectivity index (χ0n) is 8.18. The molecular weight excluding hydrogens is 144 g/mol. The molecule has 1 fully saturated rings. The van der Waals surface area contributed by atoms with Gasteiger partial charge in [-0.1, -0.05) is 31.4 Å². The van der Waals surface area contributed by atoms with Crippen LogP contribution in [0.15, 0.2) is 11.6 Å². The predicted octanol–water partition coefficient (Wildman–Crippen LogP) is 3.92. The molecule has 2 rings (SSSR count). The first-order valence-corrected chi connectivity index (χ1v) is 5.58. The Labute approximate surface area is 76.1 Å². The maximum absolute atomic E-state index is 2.59. The van der Waals surface area contributed by atoms with E-state index in [2.05, 4.69) is 13.0 Å². The standard InChI is InChI=1S/C12H20/c1-2-10-7-11-5-3-4-6-12(8-10)9-11/h7,10,12H,2-6,8-9H2,1H3. The average Bonchev–Trinajstić information content (AvgIpc) is 2.27. The first-order chi connectivity index (χ1) is 5.88. The van der Waals surface area contributed by atoms with E-state index >= 15 is 0 Å². The molecule has 0 N–H and O–H groups in total. The first kappa shape index (κ1) is 8.34. The van der Waals surface area contributed by atoms with Gasteiger partial charge in [0.15, 0.2) is 0 Å². The van der Waals surface area contributed by atoms with Crippen LogP contribution in [-0.4, -0.2) is 0 Å². The molecule has 2 aliphatic rings. The molecule has 0 aromatic carbocycles. The zero-order valence-corrected chi connectivity index (χ0v) is 8.18. The van der Waals surface area contributed by atoms with Gasteiger partial charge in [-0.2, -0.15) is 0 Å². The predicted molar refractivity (Wildman–Crippen MR) is 53.1 cm³/mol. The van der Waals surface area contributed by atoms with Crippen molar-refractivity contribution in [2.45, 2.75) is 51.9 Å². The van der Waals surface area contributed by atoms with Gasteiger partial charge >= 0.3 is 0 Å². The van der Waals surface area contributed by atoms with Crippen LogP contribution in [-0.2, 0) is 0 Å². The Bertz CT molecular complexity index is 178. The summed E-state index contributed by atoms with van der Waals surface area (Å²) in [5.74, 6) is 1.98. The van der Waals surface area contributed by atoms with E-state index in [9.17, 15) is 0 Å². The van der Waals surface area contributed by atoms with E-state index in [4.69, 9.17) is 0 Å². The van der Waals surface area contributed by atoms with Gasteiger partial charge in [-0.3, -0.25) is 0 Å². The molecule has 2 bridgehead atoms. The summed E-state index contributed by atoms with van der Waals surface area (Å²) in [6.07, 6.45) is 12.7. The highest BCUT2D eigenvalue weighted by Gasteiger charge is 2.22. The van der Waals surface area contributed by atoms with Crippen molar-refractivity contribution in [3.63, 3.8) is 0 Å². The quantitative estimate of drug-likeness (QED) is 0.515. The molecule has 0 heteroatoms. The minimum atomic E-state index is 0.928. The summed E-state index contributed by atoms with van der Waals surface area (Å²) in [4.78, 5) is 0. The van der Waals surface area contributed by atoms with Crippen LogP contribution in [0.1, 0.15) is 51.9 Å². The normalized spacial score (nSPS) is 35.6. The molecule has 0 heterocycles. The molecule has 68 valence electrons. The van der Waals surface area contributed by atoms with Crippen molar-refractivity contribution in [1.82, 2.24) is 0 Å². The third-order valence-electron chi connectivity index (χ3n) is 3.54. The second kappa shape index (κ2) is 3.64. The molecule has 0 aromatic rings. The lowest BCUT2D eigenvalue weighted by Crippen LogP contribution is -2.12. The third-order valence-corrected chi connectivity index (χ3v) is 3.54. The third kappa shape index (κ3) is 1.73. The van der Waals surface area contributed by atoms with Crippen LogP contribution in [0.2, 0.25) is 0 Å². The highest BCUT2D eigenvalue weighted by Crippen LogP contribution is 2.37. The maximum Gasteiger partial charge on any atom is -0.0231 e. The molecule has 2 aliphatic carbocycles. The van der Waals surface area contributed by atoms with E-state index in [0.717, 1.165) is 11.8 Å². The Morgan fingerprint density at radius 2 is 2.33 bits per heavy atom. The number of hydrogen-bond donors (Lipinski definition) is 0. The molecule has 0 amide bonds. The van der Waals surface area contributed by atoms with Crippen LogP contribution in [0.5, 0.6) is 0 Å². The van der Waals surface area contributed by atoms with Crippen molar-refractivity contribution in [3.8, 4) is 0 Å². The molecule has 2 unspecified atom stereocenters. The van der Waals surface area contributed by atoms with Crippen LogP contribution < -0.4 is 0 Å². The highest BCUT2D eigenvalue weighted by atomic mass is 14.3. The Hall–Kier alpha value is -0.260. The highest BCUT2D eigenvalue weighted by molar-refractivity contribution is 5.10. The molecule has 0 aliphatic heterocycles. The lowest BCUT2D eigenvalue weighted by Gasteiger charge is -2.25. The van der Waals surface area contributed by atoms with Crippen molar-refractivity contribution in [1.29, 1.82) is 0 Å². The first-order valence-electron chi connectivity index (χ1n) is 5.58. The number of fused-ring (bicyclic) bond motifs is 2. The number of hydrogen-bond acceptors (Lipinski definition) is 0. The van der Waals surface area contributed by atoms with E-state index < -0.39 is 0 Å². The van der Waals surface area contributed by atoms with E-state index in [1.54, 1.807) is 5.57 Å². The summed E-state index contributed by atoms with van der Waals surface area (Å²) in [6, 6.07) is 0. The van der Waals surface area contributed by atoms with Gasteiger partial charge in [0.2, 0.25) is 0 Å². The fraction of sp³-hybridized carbons (Fsp3) is 0.833. The molecule has 2 atom stereocenters. The van der Waals surface area contributed by atoms with E-state index in [0.29, 0.717) is 0 Å². The molecule has 0 aromatic heterocycles. The topological polar surface area (TPSA) is 0 Å². The minimum Gasteiger partial charge on any atom is -0.0822 e. The van der Waals surface area contributed by atoms with E-state index in [1.807, 2.05) is 0 Å². The van der Waals surface area contributed by atoms with Gasteiger partial charge in [0, 0.05) is 0 Å². The largest absolute Gasteiger partial charge is 0.0822 e. The van der Waals surface area contributed by atoms with Crippen LogP contribution in [0, 0.1) is 11.8 Å². The van der Waals surface area contributed by atoms with E-state index in [-0.39, 0.29) is 0 Å². The summed E-state index contributed by atoms with van der Waals surface area (Å²) in [5, 5.41) is 0. The summed E-state index contributed by atoms with van der Waals surface area (Å²) < 4.78 is 0. The Kier molecular flexibility index (Phi) is 2.53. The molecule has 1 saturated carbocycles. The number of rotatable bonds is 1. The van der Waals surface area contributed by atoms with Gasteiger partial charge in [-0.05, 0) is 43.9 Å². The van der Waals surface area contributed by atoms with Crippen LogP contribution in [0.4, 0.5) is 0 Å². The fourth-order valence-electron chi connectivity index (χ4n) is 2.83. The smallest absolute Gasteiger partial charge is 0.0231 e. The second-order valence-electron chi connectivity index (χ2n) is 4.54. The van der Waals surface area contributed by atoms with Gasteiger partial charge in [0.1, 0.15) is 0 Å². The Balaban J connectivity index is 2.09. The molecule has 0 saturated heterocycles. The van der Waals surface area contributed by atoms with Gasteiger partial charge < -0.3 is 0 Å². The second-order valence-corrected chi connectivity index (χ2v) is 4.54. The summed E-state index contributed by atoms with van der Waals surface area (Å²) in [6.45, 7) is 2.33. The molecule has 0 radical (unpaired) electrons. The summed E-state index contributed by atoms with van der Waals surface area (Å²) in [5.41, 5.74) is 1.79. The van der Waals surface area contributed by atoms with Crippen LogP contribution in [0.3, 0.4) is 0 Å². The molecule has 0 spiro atoms. The molecule has 0 nitrogen and oxygen atoms in total. The lowest BCUT2D eigenvalue weighted by molar-refractivity contribution is 0.366. The lowest BCUT2D eigenvalue weighted by atomic mass is 9.80. The van der Waals surface area contributed by atoms with Crippen LogP contribution >= 0.6 is 0 Å². The zero-order chi connectivity index (χ0) is 8.39. The maximum atomic E-state index is 2.59. The van der Waals surface area contributed by atoms with Crippen molar-refractivity contribution < 1.29 is 0 Å². The monoisotopic (exact) mass is 164 g/mol. The van der Waals surface area contributed by atoms with Crippen molar-refractivity contribution in [2.24, 2.45) is 11.8 Å². The number of allylic oxidation sites excluding steroid dienone is 2. The van der Waals surface area contributed by atoms with Gasteiger partial charge in [0.25, 0.3) is 0 Å². The van der Waals surface area contributed by atoms with E-state index in [1.165, 1.54) is 44.9 Å². The molecule has 12 heavy (non-hydrogen) atoms. The van der Waals surface area contributed by atoms with Crippen molar-refractivity contribution in [3.05, 3.63) is 11.6 Å². The SMILES string of the molecule is CCC1C=C2CCCCC(C2)C1. The Morgan fingerprint density at radius 3 is 3.17 bits per heavy atom.